The maximum absolute atomic E-state index is 14.4. The number of ether oxygens (including phenoxy) is 3. The molecule has 0 bridgehead atoms. The number of alkyl halides is 3. The second-order valence-corrected chi connectivity index (χ2v) is 16.8. The number of nitrogens with zero attached hydrogens (tertiary/aromatic N) is 3. The molecule has 3 aromatic rings. The molecular weight excluding hydrogens is 791 g/mol. The third-order valence-corrected chi connectivity index (χ3v) is 12.7. The zero-order valence-electron chi connectivity index (χ0n) is 33.1. The summed E-state index contributed by atoms with van der Waals surface area (Å²) < 4.78 is 64.3. The zero-order chi connectivity index (χ0) is 41.5. The molecular formula is C43H51ClF3N5O5S. The summed E-state index contributed by atoms with van der Waals surface area (Å²) in [5.41, 5.74) is 7.83. The van der Waals surface area contributed by atoms with Gasteiger partial charge in [0.15, 0.2) is 0 Å². The molecule has 312 valence electrons. The Kier molecular flexibility index (Phi) is 14.0. The second kappa shape index (κ2) is 18.8. The minimum atomic E-state index is -5.27. The summed E-state index contributed by atoms with van der Waals surface area (Å²) in [6.07, 6.45) is 5.96. The molecule has 15 heteroatoms. The number of carbonyl (C=O) groups excluding carboxylic acids is 2. The van der Waals surface area contributed by atoms with E-state index in [1.54, 1.807) is 19.3 Å². The van der Waals surface area contributed by atoms with Crippen LogP contribution in [0.15, 0.2) is 70.8 Å². The van der Waals surface area contributed by atoms with Crippen molar-refractivity contribution in [2.24, 2.45) is 22.6 Å². The van der Waals surface area contributed by atoms with Crippen LogP contribution in [0.4, 0.5) is 18.9 Å². The van der Waals surface area contributed by atoms with Crippen molar-refractivity contribution < 1.29 is 37.0 Å². The van der Waals surface area contributed by atoms with Gasteiger partial charge < -0.3 is 19.9 Å². The maximum Gasteiger partial charge on any atom is 0.471 e. The van der Waals surface area contributed by atoms with E-state index in [0.717, 1.165) is 68.2 Å². The van der Waals surface area contributed by atoms with Crippen LogP contribution in [-0.4, -0.2) is 68.7 Å². The fraction of sp³-hybridized carbons (Fsp3) is 0.488. The number of benzene rings is 2. The molecule has 2 aromatic carbocycles. The van der Waals surface area contributed by atoms with Gasteiger partial charge in [-0.05, 0) is 147 Å². The molecule has 0 aliphatic heterocycles. The highest BCUT2D eigenvalue weighted by Crippen LogP contribution is 2.58. The van der Waals surface area contributed by atoms with Crippen LogP contribution in [0, 0.1) is 11.8 Å². The summed E-state index contributed by atoms with van der Waals surface area (Å²) >= 11 is 7.52. The molecule has 1 fully saturated rings. The number of halogens is 4. The fourth-order valence-electron chi connectivity index (χ4n) is 9.11. The van der Waals surface area contributed by atoms with Gasteiger partial charge in [0.05, 0.1) is 18.7 Å². The number of aliphatic imine (C=N–C) groups is 1. The van der Waals surface area contributed by atoms with Crippen molar-refractivity contribution >= 4 is 47.3 Å². The van der Waals surface area contributed by atoms with Crippen LogP contribution < -0.4 is 24.8 Å². The molecule has 58 heavy (non-hydrogen) atoms. The van der Waals surface area contributed by atoms with E-state index in [1.807, 2.05) is 24.4 Å². The lowest BCUT2D eigenvalue weighted by Crippen LogP contribution is -2.63. The molecule has 3 aliphatic rings. The molecule has 1 unspecified atom stereocenters. The van der Waals surface area contributed by atoms with Crippen LogP contribution in [0.3, 0.4) is 0 Å². The van der Waals surface area contributed by atoms with Gasteiger partial charge in [0.2, 0.25) is 0 Å². The lowest BCUT2D eigenvalue weighted by molar-refractivity contribution is -0.174. The Morgan fingerprint density at radius 3 is 2.62 bits per heavy atom. The van der Waals surface area contributed by atoms with Gasteiger partial charge in [-0.25, -0.2) is 4.79 Å². The van der Waals surface area contributed by atoms with E-state index >= 15 is 0 Å². The molecule has 1 aromatic heterocycles. The van der Waals surface area contributed by atoms with E-state index in [-0.39, 0.29) is 35.4 Å². The van der Waals surface area contributed by atoms with Crippen LogP contribution in [-0.2, 0) is 39.0 Å². The van der Waals surface area contributed by atoms with E-state index in [4.69, 9.17) is 31.5 Å². The number of hydrogen-bond acceptors (Lipinski definition) is 10. The summed E-state index contributed by atoms with van der Waals surface area (Å²) in [5, 5.41) is 0.687. The minimum absolute atomic E-state index is 0.0655. The van der Waals surface area contributed by atoms with Gasteiger partial charge in [-0.3, -0.25) is 24.4 Å². The summed E-state index contributed by atoms with van der Waals surface area (Å²) in [6, 6.07) is 13.6. The fourth-order valence-corrected chi connectivity index (χ4v) is 9.78. The molecule has 1 amide bonds. The predicted octanol–water partition coefficient (Wildman–Crippen LogP) is 8.33. The molecule has 1 heterocycles. The van der Waals surface area contributed by atoms with Gasteiger partial charge in [0.25, 0.3) is 0 Å². The molecule has 2 atom stereocenters. The lowest BCUT2D eigenvalue weighted by atomic mass is 9.59. The van der Waals surface area contributed by atoms with Crippen molar-refractivity contribution in [1.82, 2.24) is 9.71 Å². The molecule has 3 N–H and O–H groups in total. The Bertz CT molecular complexity index is 2000. The average Bonchev–Trinajstić information content (AvgIpc) is 3.50. The van der Waals surface area contributed by atoms with Crippen molar-refractivity contribution in [1.29, 1.82) is 0 Å². The number of nitrogens with one attached hydrogen (secondary N) is 1. The second-order valence-electron chi connectivity index (χ2n) is 15.4. The summed E-state index contributed by atoms with van der Waals surface area (Å²) in [6.45, 7) is 3.49. The average molecular weight is 842 g/mol. The Hall–Kier alpha value is -4.27. The first-order valence-corrected chi connectivity index (χ1v) is 20.9. The van der Waals surface area contributed by atoms with Gasteiger partial charge >= 0.3 is 18.1 Å². The number of methoxy groups -OCH3 is 1. The van der Waals surface area contributed by atoms with Crippen molar-refractivity contribution in [3.63, 3.8) is 0 Å². The van der Waals surface area contributed by atoms with Crippen LogP contribution in [0.5, 0.6) is 11.5 Å². The molecule has 10 nitrogen and oxygen atoms in total. The number of rotatable bonds is 15. The number of fused-ring (bicyclic) bond motifs is 3. The third kappa shape index (κ3) is 9.44. The Morgan fingerprint density at radius 2 is 1.90 bits per heavy atom. The van der Waals surface area contributed by atoms with Crippen LogP contribution in [0.2, 0.25) is 5.02 Å². The molecule has 0 saturated heterocycles. The third-order valence-electron chi connectivity index (χ3n) is 11.8. The highest BCUT2D eigenvalue weighted by molar-refractivity contribution is 8.01. The number of hydrogen-bond donors (Lipinski definition) is 2. The van der Waals surface area contributed by atoms with Gasteiger partial charge in [0.1, 0.15) is 23.6 Å². The van der Waals surface area contributed by atoms with Gasteiger partial charge in [-0.15, -0.1) is 0 Å². The van der Waals surface area contributed by atoms with Gasteiger partial charge in [-0.1, -0.05) is 30.7 Å². The van der Waals surface area contributed by atoms with E-state index in [2.05, 4.69) is 27.7 Å². The number of esters is 1. The molecule has 6 rings (SSSR count). The van der Waals surface area contributed by atoms with Crippen molar-refractivity contribution in [2.45, 2.75) is 88.3 Å². The predicted molar refractivity (Wildman–Crippen MR) is 221 cm³/mol. The van der Waals surface area contributed by atoms with Crippen LogP contribution >= 0.6 is 23.5 Å². The van der Waals surface area contributed by atoms with Crippen molar-refractivity contribution in [2.75, 3.05) is 38.8 Å². The SMILES string of the molecule is CN=C/C=C(\N)SNCCOc1ccc2c(c1)C1(CCC(C(=O)OC)(N(C(=O)C(F)(F)F)c3cccc(Cl)c3)CC1)C(C[C@@H](C)COc1ccnc3c1CCCC3)C2. The van der Waals surface area contributed by atoms with Gasteiger partial charge in [0, 0.05) is 48.0 Å². The van der Waals surface area contributed by atoms with Crippen molar-refractivity contribution in [3.8, 4) is 11.5 Å². The lowest BCUT2D eigenvalue weighted by Gasteiger charge is -2.51. The quantitative estimate of drug-likeness (QED) is 0.0672. The van der Waals surface area contributed by atoms with E-state index < -0.39 is 29.0 Å². The molecule has 0 radical (unpaired) electrons. The number of pyridine rings is 1. The Labute approximate surface area is 347 Å². The molecule has 1 saturated carbocycles. The van der Waals surface area contributed by atoms with Crippen LogP contribution in [0.25, 0.3) is 0 Å². The summed E-state index contributed by atoms with van der Waals surface area (Å²) in [4.78, 5) is 36.3. The highest BCUT2D eigenvalue weighted by Gasteiger charge is 2.60. The smallest absolute Gasteiger partial charge is 0.471 e. The van der Waals surface area contributed by atoms with Gasteiger partial charge in [-0.2, -0.15) is 13.2 Å². The largest absolute Gasteiger partial charge is 0.493 e. The zero-order valence-corrected chi connectivity index (χ0v) is 34.7. The van der Waals surface area contributed by atoms with E-state index in [1.165, 1.54) is 41.8 Å². The summed E-state index contributed by atoms with van der Waals surface area (Å²) in [5.74, 6) is -1.34. The first-order chi connectivity index (χ1) is 27.8. The van der Waals surface area contributed by atoms with Crippen molar-refractivity contribution in [3.05, 3.63) is 93.2 Å². The van der Waals surface area contributed by atoms with E-state index in [9.17, 15) is 22.8 Å². The number of amides is 1. The maximum atomic E-state index is 14.4. The number of aromatic nitrogens is 1. The standard InChI is InChI=1S/C43H51ClF3N5O5S/c1-28(27-57-37-13-20-50-36-10-5-4-9-34(36)37)23-30-24-29-11-12-33(56-22-21-51-58-38(48)14-19-49-2)26-35(29)41(30)15-17-42(18-16-41,40(54)55-3)52(39(53)43(45,46)47)32-8-6-7-31(44)25-32/h6-8,11-14,19-20,25-26,28,30,51H,4-5,9-10,15-18,21-24,27,48H2,1-3H3/b38-14+,49-19?/t28-,30?,41?,42?/m1/s1. The monoisotopic (exact) mass is 841 g/mol. The minimum Gasteiger partial charge on any atom is -0.493 e. The number of anilines is 1. The topological polar surface area (TPSA) is 128 Å². The first-order valence-electron chi connectivity index (χ1n) is 19.7. The highest BCUT2D eigenvalue weighted by atomic mass is 35.5. The van der Waals surface area contributed by atoms with E-state index in [0.29, 0.717) is 48.3 Å². The Morgan fingerprint density at radius 1 is 1.12 bits per heavy atom. The number of aryl methyl sites for hydroxylation is 1. The number of nitrogens with two attached hydrogens (primary N) is 1. The summed E-state index contributed by atoms with van der Waals surface area (Å²) in [7, 11) is 2.80. The Balaban J connectivity index is 1.29. The molecule has 3 aliphatic carbocycles. The number of allylic oxidation sites excluding steroid dienone is 1. The number of carbonyl (C=O) groups is 2. The van der Waals surface area contributed by atoms with Crippen LogP contribution in [0.1, 0.15) is 74.3 Å². The molecule has 1 spiro atoms. The first kappa shape index (κ1) is 43.3. The normalized spacial score (nSPS) is 22.3.